The van der Waals surface area contributed by atoms with Crippen molar-refractivity contribution in [3.8, 4) is 44.8 Å². The Morgan fingerprint density at radius 1 is 0.438 bits per heavy atom. The minimum atomic E-state index is -1.76. The first-order valence-electron chi connectivity index (χ1n) is 40.7. The van der Waals surface area contributed by atoms with Crippen molar-refractivity contribution >= 4 is 95.8 Å². The van der Waals surface area contributed by atoms with Gasteiger partial charge in [0, 0.05) is 43.4 Å². The van der Waals surface area contributed by atoms with Gasteiger partial charge in [0.2, 0.25) is 11.8 Å². The maximum absolute atomic E-state index is 14.2. The van der Waals surface area contributed by atoms with E-state index in [-0.39, 0.29) is 41.7 Å². The number of ether oxygens (including phenoxy) is 3. The molecule has 0 radical (unpaired) electrons. The average molecular weight is 1550 g/mol. The van der Waals surface area contributed by atoms with Crippen LogP contribution in [0.2, 0.25) is 44.3 Å². The lowest BCUT2D eigenvalue weighted by atomic mass is 9.96. The Morgan fingerprint density at radius 3 is 1.37 bits per heavy atom. The molecule has 5 amide bonds. The van der Waals surface area contributed by atoms with Crippen molar-refractivity contribution in [1.29, 1.82) is 0 Å². The topological polar surface area (TPSA) is 308 Å². The third-order valence-electron chi connectivity index (χ3n) is 25.3. The van der Waals surface area contributed by atoms with E-state index >= 15 is 0 Å². The second-order valence-electron chi connectivity index (χ2n) is 34.0. The van der Waals surface area contributed by atoms with Crippen molar-refractivity contribution in [1.82, 2.24) is 65.6 Å². The number of benzene rings is 6. The van der Waals surface area contributed by atoms with Crippen LogP contribution >= 0.6 is 0 Å². The molecule has 4 aliphatic carbocycles. The lowest BCUT2D eigenvalue weighted by molar-refractivity contribution is -0.141. The molecule has 3 saturated heterocycles. The number of likely N-dealkylation sites (tertiary alicyclic amines) is 1. The van der Waals surface area contributed by atoms with Crippen LogP contribution < -0.4 is 16.0 Å². The Morgan fingerprint density at radius 2 is 0.875 bits per heavy atom. The molecule has 0 unspecified atom stereocenters. The molecular weight excluding hydrogens is 1440 g/mol. The second kappa shape index (κ2) is 33.3. The molecule has 6 aromatic carbocycles. The van der Waals surface area contributed by atoms with Crippen LogP contribution in [-0.4, -0.2) is 159 Å². The smallest absolute Gasteiger partial charge is 0.407 e. The lowest BCUT2D eigenvalue weighted by Crippen LogP contribution is -2.52. The zero-order valence-corrected chi connectivity index (χ0v) is 67.6. The largest absolute Gasteiger partial charge is 0.480 e. The number of aromatic amines is 4. The predicted molar refractivity (Wildman–Crippen MR) is 441 cm³/mol. The maximum atomic E-state index is 14.2. The van der Waals surface area contributed by atoms with Gasteiger partial charge in [-0.2, -0.15) is 0 Å². The maximum Gasteiger partial charge on any atom is 0.407 e. The number of aliphatic carboxylic acids is 1. The SMILES string of the molecule is COC(=O)N[C@H](C(=O)N1C[Si](C)(C)C[C@H]1c1ncc(-c2ccc(-c3ccc4c(ccc5[nH]c([C@@H]6CCCN6C(=O)[C@@H](NC(=O)OC)C6CCCC6)nc54)c3)cc2)[nH]1)C1CCCC1.COC(=O)N[C@H](C(=O)O)C1CCCC1.C[Si]1(C)CC[C@H](c2ncc(-c3ccc(-c4ccc5c(ccc6[nH]c(C7CCCC7)nc65)c4)cc3)[nH]2)C1. The van der Waals surface area contributed by atoms with Crippen LogP contribution in [0.3, 0.4) is 0 Å². The fourth-order valence-corrected chi connectivity index (χ4v) is 25.2. The van der Waals surface area contributed by atoms with E-state index in [2.05, 4.69) is 176 Å². The number of aromatic nitrogens is 8. The summed E-state index contributed by atoms with van der Waals surface area (Å²) in [6, 6.07) is 40.4. The zero-order valence-electron chi connectivity index (χ0n) is 65.6. The molecule has 112 heavy (non-hydrogen) atoms. The minimum Gasteiger partial charge on any atom is -0.480 e. The molecule has 3 aliphatic heterocycles. The standard InChI is InChI=1S/C47H58N8O6Si.C31H34N4Si.C9H15NO4/c1-60-46(58)52-39(30-10-5-6-11-30)44(56)54-23-9-14-37(54)43-49-35-22-20-33-24-32(19-21-34(33)41(35)51-43)28-15-17-29(18-16-28)36-25-48-42(50-36)38-26-62(3,4)27-55(38)45(57)40(53-47(59)61-2)31-12-7-8-13-31;1-36(2)16-15-25(19-36)30-32-18-28(34-30)21-9-7-20(8-10-21)23-11-13-26-24(17-23)12-14-27-29(26)35-31(33-27)22-5-3-4-6-22;1-14-9(13)10-7(8(11)12)6-4-2-3-5-6/h15-22,24-25,30-31,37-40H,5-14,23,26-27H2,1-4H3,(H,48,50)(H,49,51)(H,52,58)(H,53,59);7-14,17-18,22,25H,3-6,15-16,19H2,1-2H3,(H,32,34)(H,33,35);6-7H,2-5H2,1H3,(H,10,13)(H,11,12)/t37-,38-,39-,40-;25-;7-/m000/s1. The molecule has 588 valence electrons. The fraction of sp³-hybridized carbons (Fsp3) is 0.471. The molecule has 6 atom stereocenters. The van der Waals surface area contributed by atoms with E-state index < -0.39 is 58.5 Å². The van der Waals surface area contributed by atoms with Crippen LogP contribution in [0.4, 0.5) is 14.4 Å². The normalized spacial score (nSPS) is 20.7. The molecule has 25 heteroatoms. The molecule has 8 N–H and O–H groups in total. The first-order chi connectivity index (χ1) is 54.2. The van der Waals surface area contributed by atoms with Gasteiger partial charge in [0.1, 0.15) is 41.4 Å². The van der Waals surface area contributed by atoms with Crippen molar-refractivity contribution in [2.75, 3.05) is 34.0 Å². The van der Waals surface area contributed by atoms with E-state index in [1.165, 1.54) is 105 Å². The Kier molecular flexibility index (Phi) is 22.9. The van der Waals surface area contributed by atoms with Gasteiger partial charge in [0.15, 0.2) is 0 Å². The van der Waals surface area contributed by atoms with Crippen LogP contribution in [-0.2, 0) is 28.6 Å². The average Bonchev–Trinajstić information content (AvgIpc) is 1.57. The van der Waals surface area contributed by atoms with E-state index in [0.29, 0.717) is 24.5 Å². The molecule has 7 heterocycles. The van der Waals surface area contributed by atoms with Gasteiger partial charge in [0.05, 0.1) is 87.3 Å². The number of hydrogen-bond acceptors (Lipinski definition) is 13. The van der Waals surface area contributed by atoms with E-state index in [0.717, 1.165) is 169 Å². The highest BCUT2D eigenvalue weighted by molar-refractivity contribution is 6.78. The van der Waals surface area contributed by atoms with Gasteiger partial charge < -0.3 is 65.0 Å². The Bertz CT molecular complexity index is 5070. The molecule has 23 nitrogen and oxygen atoms in total. The number of hydrogen-bond donors (Lipinski definition) is 8. The van der Waals surface area contributed by atoms with Crippen LogP contribution in [0.25, 0.3) is 88.4 Å². The number of imidazole rings is 4. The number of amides is 5. The summed E-state index contributed by atoms with van der Waals surface area (Å²) in [5.41, 5.74) is 12.9. The quantitative estimate of drug-likeness (QED) is 0.0311. The van der Waals surface area contributed by atoms with Crippen LogP contribution in [0.1, 0.15) is 169 Å². The zero-order chi connectivity index (χ0) is 78.0. The summed E-state index contributed by atoms with van der Waals surface area (Å²) in [5, 5.41) is 21.6. The third kappa shape index (κ3) is 16.8. The highest BCUT2D eigenvalue weighted by Crippen LogP contribution is 2.44. The fourth-order valence-electron chi connectivity index (χ4n) is 19.2. The number of fused-ring (bicyclic) bond motifs is 6. The van der Waals surface area contributed by atoms with E-state index in [9.17, 15) is 28.8 Å². The lowest BCUT2D eigenvalue weighted by Gasteiger charge is -2.31. The third-order valence-corrected chi connectivity index (χ3v) is 31.2. The number of carbonyl (C=O) groups is 6. The van der Waals surface area contributed by atoms with Gasteiger partial charge in [0.25, 0.3) is 0 Å². The Hall–Kier alpha value is -10.1. The minimum absolute atomic E-state index is 0.0391. The number of rotatable bonds is 17. The number of nitrogens with zero attached hydrogens (tertiary/aromatic N) is 6. The van der Waals surface area contributed by atoms with E-state index in [1.807, 2.05) is 22.2 Å². The summed E-state index contributed by atoms with van der Waals surface area (Å²) in [6.45, 7) is 10.3. The van der Waals surface area contributed by atoms with Gasteiger partial charge in [-0.25, -0.2) is 39.1 Å². The Labute approximate surface area is 655 Å². The van der Waals surface area contributed by atoms with Crippen molar-refractivity contribution in [3.63, 3.8) is 0 Å². The van der Waals surface area contributed by atoms with E-state index in [4.69, 9.17) is 34.5 Å². The van der Waals surface area contributed by atoms with Crippen molar-refractivity contribution in [2.24, 2.45) is 17.8 Å². The van der Waals surface area contributed by atoms with Gasteiger partial charge in [-0.3, -0.25) is 9.59 Å². The summed E-state index contributed by atoms with van der Waals surface area (Å²) in [4.78, 5) is 113. The first-order valence-corrected chi connectivity index (χ1v) is 47.5. The molecular formula is C87H107N13O10Si2. The summed E-state index contributed by atoms with van der Waals surface area (Å²) in [7, 11) is 1.13. The number of carbonyl (C=O) groups excluding carboxylic acids is 5. The molecule has 7 aliphatic rings. The monoisotopic (exact) mass is 1550 g/mol. The molecule has 10 aromatic rings. The summed E-state index contributed by atoms with van der Waals surface area (Å²) >= 11 is 0. The number of carboxylic acids is 1. The highest BCUT2D eigenvalue weighted by atomic mass is 28.3. The highest BCUT2D eigenvalue weighted by Gasteiger charge is 2.48. The van der Waals surface area contributed by atoms with Gasteiger partial charge >= 0.3 is 24.2 Å². The number of H-pyrrole nitrogens is 4. The van der Waals surface area contributed by atoms with Crippen LogP contribution in [0.15, 0.2) is 122 Å². The molecule has 4 saturated carbocycles. The van der Waals surface area contributed by atoms with Gasteiger partial charge in [-0.15, -0.1) is 0 Å². The van der Waals surface area contributed by atoms with Crippen molar-refractivity contribution in [2.45, 2.75) is 208 Å². The molecule has 7 fully saturated rings. The second-order valence-corrected chi connectivity index (χ2v) is 44.3. The number of carboxylic acid groups (broad SMARTS) is 1. The van der Waals surface area contributed by atoms with E-state index in [1.54, 1.807) is 0 Å². The van der Waals surface area contributed by atoms with Crippen LogP contribution in [0.5, 0.6) is 0 Å². The number of nitrogens with one attached hydrogen (secondary N) is 7. The number of methoxy groups -OCH3 is 3. The molecule has 4 aromatic heterocycles. The first kappa shape index (κ1) is 77.2. The van der Waals surface area contributed by atoms with Crippen molar-refractivity contribution in [3.05, 3.63) is 145 Å². The predicted octanol–water partition coefficient (Wildman–Crippen LogP) is 18.0. The van der Waals surface area contributed by atoms with Gasteiger partial charge in [-0.1, -0.05) is 169 Å². The summed E-state index contributed by atoms with van der Waals surface area (Å²) < 4.78 is 14.2. The van der Waals surface area contributed by atoms with Gasteiger partial charge in [-0.05, 0) is 169 Å². The number of alkyl carbamates (subject to hydrolysis) is 3. The van der Waals surface area contributed by atoms with Crippen molar-refractivity contribution < 1.29 is 48.1 Å². The summed E-state index contributed by atoms with van der Waals surface area (Å²) in [5.74, 6) is 4.29. The van der Waals surface area contributed by atoms with Crippen LogP contribution in [0, 0.1) is 17.8 Å². The molecule has 0 spiro atoms. The molecule has 0 bridgehead atoms. The molecule has 17 rings (SSSR count). The summed E-state index contributed by atoms with van der Waals surface area (Å²) in [6.07, 6.45) is 22.6. The Balaban J connectivity index is 0.000000165.